The molecule has 8 nitrogen and oxygen atoms in total. The zero-order chi connectivity index (χ0) is 22.3. The van der Waals surface area contributed by atoms with Crippen LogP contribution in [0.5, 0.6) is 11.5 Å². The number of nitrogens with one attached hydrogen (secondary N) is 1. The first-order valence-electron chi connectivity index (χ1n) is 9.32. The van der Waals surface area contributed by atoms with E-state index < -0.39 is 15.9 Å². The van der Waals surface area contributed by atoms with Crippen LogP contribution >= 0.6 is 0 Å². The lowest BCUT2D eigenvalue weighted by molar-refractivity contribution is -0.120. The second-order valence-corrected chi connectivity index (χ2v) is 8.65. The lowest BCUT2D eigenvalue weighted by Gasteiger charge is -2.25. The van der Waals surface area contributed by atoms with Crippen molar-refractivity contribution >= 4 is 21.6 Å². The van der Waals surface area contributed by atoms with Crippen LogP contribution in [0.4, 0.5) is 5.69 Å². The predicted octanol–water partition coefficient (Wildman–Crippen LogP) is 2.36. The molecular formula is C21H28N2O6S. The first-order chi connectivity index (χ1) is 14.2. The minimum atomic E-state index is -4.06. The normalized spacial score (nSPS) is 12.2. The molecule has 0 saturated carbocycles. The summed E-state index contributed by atoms with van der Waals surface area (Å²) in [6.45, 7) is 3.61. The fourth-order valence-corrected chi connectivity index (χ4v) is 4.31. The molecule has 2 aromatic rings. The van der Waals surface area contributed by atoms with E-state index in [2.05, 4.69) is 5.32 Å². The molecule has 9 heteroatoms. The van der Waals surface area contributed by atoms with Crippen molar-refractivity contribution in [3.05, 3.63) is 48.0 Å². The van der Waals surface area contributed by atoms with Gasteiger partial charge in [0.05, 0.1) is 31.4 Å². The average Bonchev–Trinajstić information content (AvgIpc) is 2.72. The van der Waals surface area contributed by atoms with Gasteiger partial charge in [-0.2, -0.15) is 0 Å². The van der Waals surface area contributed by atoms with E-state index in [-0.39, 0.29) is 23.2 Å². The standard InChI is InChI=1S/C21H28N2O6S/c1-15-6-8-17(9-7-15)23(13-21(24)22-16(2)14-27-3)30(25,26)18-10-11-19(28-4)20(12-18)29-5/h6-12,16H,13-14H2,1-5H3,(H,22,24)/t16-/m0/s1. The SMILES string of the molecule is COC[C@H](C)NC(=O)CN(c1ccc(C)cc1)S(=O)(=O)c1ccc(OC)c(OC)c1. The molecule has 0 aliphatic carbocycles. The highest BCUT2D eigenvalue weighted by molar-refractivity contribution is 7.92. The number of hydrogen-bond acceptors (Lipinski definition) is 6. The second kappa shape index (κ2) is 10.3. The van der Waals surface area contributed by atoms with Gasteiger partial charge < -0.3 is 19.5 Å². The third-order valence-electron chi connectivity index (χ3n) is 4.38. The molecule has 0 aliphatic heterocycles. The number of carbonyl (C=O) groups is 1. The smallest absolute Gasteiger partial charge is 0.264 e. The largest absolute Gasteiger partial charge is 0.493 e. The first-order valence-corrected chi connectivity index (χ1v) is 10.8. The summed E-state index contributed by atoms with van der Waals surface area (Å²) >= 11 is 0. The molecule has 0 aliphatic rings. The Hall–Kier alpha value is -2.78. The third kappa shape index (κ3) is 5.64. The van der Waals surface area contributed by atoms with E-state index in [1.165, 1.54) is 39.5 Å². The summed E-state index contributed by atoms with van der Waals surface area (Å²) < 4.78 is 43.4. The van der Waals surface area contributed by atoms with Crippen molar-refractivity contribution in [3.8, 4) is 11.5 Å². The fraction of sp³-hybridized carbons (Fsp3) is 0.381. The van der Waals surface area contributed by atoms with Crippen molar-refractivity contribution in [2.24, 2.45) is 0 Å². The monoisotopic (exact) mass is 436 g/mol. The minimum Gasteiger partial charge on any atom is -0.493 e. The second-order valence-electron chi connectivity index (χ2n) is 6.79. The zero-order valence-corrected chi connectivity index (χ0v) is 18.7. The number of benzene rings is 2. The predicted molar refractivity (Wildman–Crippen MR) is 115 cm³/mol. The van der Waals surface area contributed by atoms with Gasteiger partial charge in [0.15, 0.2) is 11.5 Å². The topological polar surface area (TPSA) is 94.2 Å². The highest BCUT2D eigenvalue weighted by atomic mass is 32.2. The number of sulfonamides is 1. The van der Waals surface area contributed by atoms with E-state index in [1.54, 1.807) is 31.2 Å². The zero-order valence-electron chi connectivity index (χ0n) is 17.8. The Bertz CT molecular complexity index is 960. The molecule has 0 spiro atoms. The van der Waals surface area contributed by atoms with Crippen LogP contribution in [-0.4, -0.2) is 54.8 Å². The van der Waals surface area contributed by atoms with Crippen molar-refractivity contribution in [2.75, 3.05) is 38.8 Å². The van der Waals surface area contributed by atoms with Gasteiger partial charge in [0, 0.05) is 19.2 Å². The number of nitrogens with zero attached hydrogens (tertiary/aromatic N) is 1. The molecule has 164 valence electrons. The van der Waals surface area contributed by atoms with E-state index in [0.717, 1.165) is 9.87 Å². The third-order valence-corrected chi connectivity index (χ3v) is 6.15. The number of methoxy groups -OCH3 is 3. The van der Waals surface area contributed by atoms with Crippen LogP contribution < -0.4 is 19.1 Å². The van der Waals surface area contributed by atoms with Crippen LogP contribution in [0.3, 0.4) is 0 Å². The number of amides is 1. The Morgan fingerprint density at radius 3 is 2.23 bits per heavy atom. The molecule has 1 atom stereocenters. The van der Waals surface area contributed by atoms with Crippen LogP contribution in [-0.2, 0) is 19.6 Å². The Kier molecular flexibility index (Phi) is 8.08. The van der Waals surface area contributed by atoms with E-state index in [1.807, 2.05) is 6.92 Å². The molecule has 0 heterocycles. The number of carbonyl (C=O) groups excluding carboxylic acids is 1. The minimum absolute atomic E-state index is 0.0153. The first kappa shape index (κ1) is 23.5. The highest BCUT2D eigenvalue weighted by Gasteiger charge is 2.28. The Labute approximate surface area is 177 Å². The van der Waals surface area contributed by atoms with Crippen LogP contribution in [0.1, 0.15) is 12.5 Å². The quantitative estimate of drug-likeness (QED) is 0.615. The maximum atomic E-state index is 13.5. The van der Waals surface area contributed by atoms with Gasteiger partial charge in [-0.15, -0.1) is 0 Å². The summed E-state index contributed by atoms with van der Waals surface area (Å²) in [5.41, 5.74) is 1.35. The lowest BCUT2D eigenvalue weighted by atomic mass is 10.2. The molecule has 2 rings (SSSR count). The van der Waals surface area contributed by atoms with Crippen molar-refractivity contribution in [1.82, 2.24) is 5.32 Å². The number of hydrogen-bond donors (Lipinski definition) is 1. The summed E-state index contributed by atoms with van der Waals surface area (Å²) in [5.74, 6) is 0.245. The average molecular weight is 437 g/mol. The molecule has 0 unspecified atom stereocenters. The molecule has 2 aromatic carbocycles. The highest BCUT2D eigenvalue weighted by Crippen LogP contribution is 2.32. The van der Waals surface area contributed by atoms with Crippen LogP contribution in [0, 0.1) is 6.92 Å². The van der Waals surface area contributed by atoms with Crippen LogP contribution in [0.2, 0.25) is 0 Å². The van der Waals surface area contributed by atoms with Gasteiger partial charge in [0.25, 0.3) is 10.0 Å². The summed E-state index contributed by atoms with van der Waals surface area (Å²) in [6, 6.07) is 11.0. The van der Waals surface area contributed by atoms with Gasteiger partial charge in [0.2, 0.25) is 5.91 Å². The molecule has 1 amide bonds. The Balaban J connectivity index is 2.44. The maximum absolute atomic E-state index is 13.5. The van der Waals surface area contributed by atoms with E-state index in [0.29, 0.717) is 18.0 Å². The van der Waals surface area contributed by atoms with E-state index in [4.69, 9.17) is 14.2 Å². The molecule has 0 radical (unpaired) electrons. The van der Waals surface area contributed by atoms with Crippen molar-refractivity contribution < 1.29 is 27.4 Å². The van der Waals surface area contributed by atoms with Gasteiger partial charge in [0.1, 0.15) is 6.54 Å². The molecule has 0 bridgehead atoms. The Morgan fingerprint density at radius 2 is 1.67 bits per heavy atom. The summed E-state index contributed by atoms with van der Waals surface area (Å²) in [4.78, 5) is 12.5. The fourth-order valence-electron chi connectivity index (χ4n) is 2.87. The molecule has 0 saturated heterocycles. The molecule has 1 N–H and O–H groups in total. The van der Waals surface area contributed by atoms with Gasteiger partial charge in [-0.1, -0.05) is 17.7 Å². The van der Waals surface area contributed by atoms with Gasteiger partial charge in [-0.25, -0.2) is 8.42 Å². The van der Waals surface area contributed by atoms with Crippen LogP contribution in [0.25, 0.3) is 0 Å². The number of anilines is 1. The van der Waals surface area contributed by atoms with Gasteiger partial charge in [-0.05, 0) is 38.1 Å². The molecule has 30 heavy (non-hydrogen) atoms. The molecule has 0 aromatic heterocycles. The maximum Gasteiger partial charge on any atom is 0.264 e. The van der Waals surface area contributed by atoms with Gasteiger partial charge in [-0.3, -0.25) is 9.10 Å². The van der Waals surface area contributed by atoms with Crippen LogP contribution in [0.15, 0.2) is 47.4 Å². The summed E-state index contributed by atoms with van der Waals surface area (Å²) in [7, 11) is 0.364. The van der Waals surface area contributed by atoms with Crippen molar-refractivity contribution in [2.45, 2.75) is 24.8 Å². The van der Waals surface area contributed by atoms with Crippen molar-refractivity contribution in [3.63, 3.8) is 0 Å². The number of ether oxygens (including phenoxy) is 3. The molecular weight excluding hydrogens is 408 g/mol. The lowest BCUT2D eigenvalue weighted by Crippen LogP contribution is -2.44. The van der Waals surface area contributed by atoms with Crippen molar-refractivity contribution in [1.29, 1.82) is 0 Å². The number of rotatable bonds is 10. The van der Waals surface area contributed by atoms with E-state index in [9.17, 15) is 13.2 Å². The van der Waals surface area contributed by atoms with Gasteiger partial charge >= 0.3 is 0 Å². The molecule has 0 fully saturated rings. The Morgan fingerprint density at radius 1 is 1.03 bits per heavy atom. The number of aryl methyl sites for hydroxylation is 1. The summed E-state index contributed by atoms with van der Waals surface area (Å²) in [6.07, 6.45) is 0. The van der Waals surface area contributed by atoms with E-state index >= 15 is 0 Å². The summed E-state index contributed by atoms with van der Waals surface area (Å²) in [5, 5.41) is 2.74.